The molecule has 0 aliphatic carbocycles. The number of fused-ring (bicyclic) bond motifs is 1. The summed E-state index contributed by atoms with van der Waals surface area (Å²) in [6, 6.07) is 14.3. The molecule has 104 valence electrons. The molecule has 0 saturated heterocycles. The SMILES string of the molecule is NC(=O)c1cccc(Oc2cccc3cccnc23)c1N. The normalized spacial score (nSPS) is 10.5. The Kier molecular flexibility index (Phi) is 3.16. The van der Waals surface area contributed by atoms with Gasteiger partial charge in [-0.15, -0.1) is 0 Å². The largest absolute Gasteiger partial charge is 0.453 e. The lowest BCUT2D eigenvalue weighted by molar-refractivity contribution is 0.100. The molecule has 0 aliphatic rings. The molecule has 1 heterocycles. The topological polar surface area (TPSA) is 91.2 Å². The molecule has 4 N–H and O–H groups in total. The minimum Gasteiger partial charge on any atom is -0.453 e. The molecule has 0 aliphatic heterocycles. The number of primary amides is 1. The third-order valence-electron chi connectivity index (χ3n) is 3.15. The number of para-hydroxylation sites is 2. The third-order valence-corrected chi connectivity index (χ3v) is 3.15. The Morgan fingerprint density at radius 1 is 1.00 bits per heavy atom. The number of benzene rings is 2. The maximum Gasteiger partial charge on any atom is 0.250 e. The van der Waals surface area contributed by atoms with Crippen molar-refractivity contribution in [3.8, 4) is 11.5 Å². The average Bonchev–Trinajstić information content (AvgIpc) is 2.49. The fourth-order valence-corrected chi connectivity index (χ4v) is 2.12. The van der Waals surface area contributed by atoms with Gasteiger partial charge in [-0.3, -0.25) is 9.78 Å². The molecule has 0 atom stereocenters. The number of nitrogen functional groups attached to an aromatic ring is 1. The number of anilines is 1. The summed E-state index contributed by atoms with van der Waals surface area (Å²) in [7, 11) is 0. The van der Waals surface area contributed by atoms with Crippen molar-refractivity contribution >= 4 is 22.5 Å². The van der Waals surface area contributed by atoms with Gasteiger partial charge in [0.15, 0.2) is 11.5 Å². The first-order valence-corrected chi connectivity index (χ1v) is 6.36. The van der Waals surface area contributed by atoms with Crippen molar-refractivity contribution in [2.75, 3.05) is 5.73 Å². The molecule has 1 amide bonds. The van der Waals surface area contributed by atoms with E-state index in [1.165, 1.54) is 0 Å². The molecule has 21 heavy (non-hydrogen) atoms. The number of carbonyl (C=O) groups excluding carboxylic acids is 1. The summed E-state index contributed by atoms with van der Waals surface area (Å²) in [4.78, 5) is 15.6. The zero-order valence-corrected chi connectivity index (χ0v) is 11.1. The third kappa shape index (κ3) is 2.36. The number of hydrogen-bond donors (Lipinski definition) is 2. The Balaban J connectivity index is 2.07. The fraction of sp³-hybridized carbons (Fsp3) is 0. The number of nitrogens with zero attached hydrogens (tertiary/aromatic N) is 1. The molecule has 5 nitrogen and oxygen atoms in total. The quantitative estimate of drug-likeness (QED) is 0.721. The van der Waals surface area contributed by atoms with E-state index in [9.17, 15) is 4.79 Å². The Labute approximate surface area is 121 Å². The van der Waals surface area contributed by atoms with Crippen LogP contribution in [0.4, 0.5) is 5.69 Å². The molecule has 0 radical (unpaired) electrons. The van der Waals surface area contributed by atoms with Crippen molar-refractivity contribution in [1.29, 1.82) is 0 Å². The first-order chi connectivity index (χ1) is 10.2. The van der Waals surface area contributed by atoms with E-state index in [4.69, 9.17) is 16.2 Å². The second-order valence-corrected chi connectivity index (χ2v) is 4.51. The summed E-state index contributed by atoms with van der Waals surface area (Å²) in [5, 5.41) is 0.958. The van der Waals surface area contributed by atoms with Crippen molar-refractivity contribution in [2.45, 2.75) is 0 Å². The summed E-state index contributed by atoms with van der Waals surface area (Å²) in [6.45, 7) is 0. The molecule has 0 spiro atoms. The van der Waals surface area contributed by atoms with Gasteiger partial charge in [-0.05, 0) is 24.3 Å². The Morgan fingerprint density at radius 2 is 1.71 bits per heavy atom. The molecule has 0 fully saturated rings. The van der Waals surface area contributed by atoms with E-state index >= 15 is 0 Å². The van der Waals surface area contributed by atoms with E-state index in [0.29, 0.717) is 11.5 Å². The number of ether oxygens (including phenoxy) is 1. The van der Waals surface area contributed by atoms with Gasteiger partial charge in [-0.2, -0.15) is 0 Å². The van der Waals surface area contributed by atoms with Crippen molar-refractivity contribution in [1.82, 2.24) is 4.98 Å². The summed E-state index contributed by atoms with van der Waals surface area (Å²) in [5.74, 6) is 0.361. The van der Waals surface area contributed by atoms with Gasteiger partial charge in [0.1, 0.15) is 5.52 Å². The highest BCUT2D eigenvalue weighted by molar-refractivity contribution is 5.99. The average molecular weight is 279 g/mol. The second kappa shape index (κ2) is 5.13. The summed E-state index contributed by atoms with van der Waals surface area (Å²) in [6.07, 6.45) is 1.69. The van der Waals surface area contributed by atoms with Crippen molar-refractivity contribution < 1.29 is 9.53 Å². The highest BCUT2D eigenvalue weighted by Crippen LogP contribution is 2.33. The van der Waals surface area contributed by atoms with Crippen LogP contribution in [-0.2, 0) is 0 Å². The molecule has 0 bridgehead atoms. The zero-order chi connectivity index (χ0) is 14.8. The predicted octanol–water partition coefficient (Wildman–Crippen LogP) is 2.71. The van der Waals surface area contributed by atoms with Gasteiger partial charge in [0.05, 0.1) is 11.3 Å². The van der Waals surface area contributed by atoms with E-state index in [1.807, 2.05) is 24.3 Å². The van der Waals surface area contributed by atoms with E-state index in [0.717, 1.165) is 10.9 Å². The van der Waals surface area contributed by atoms with Crippen LogP contribution >= 0.6 is 0 Å². The second-order valence-electron chi connectivity index (χ2n) is 4.51. The monoisotopic (exact) mass is 279 g/mol. The molecule has 2 aromatic carbocycles. The van der Waals surface area contributed by atoms with Crippen LogP contribution in [0.1, 0.15) is 10.4 Å². The predicted molar refractivity (Wildman–Crippen MR) is 81.2 cm³/mol. The van der Waals surface area contributed by atoms with Crippen LogP contribution in [0.15, 0.2) is 54.7 Å². The van der Waals surface area contributed by atoms with Crippen LogP contribution in [0.25, 0.3) is 10.9 Å². The van der Waals surface area contributed by atoms with Gasteiger partial charge < -0.3 is 16.2 Å². The molecule has 1 aromatic heterocycles. The van der Waals surface area contributed by atoms with Crippen LogP contribution < -0.4 is 16.2 Å². The molecule has 3 rings (SSSR count). The first-order valence-electron chi connectivity index (χ1n) is 6.36. The van der Waals surface area contributed by atoms with Crippen molar-refractivity contribution in [3.63, 3.8) is 0 Å². The van der Waals surface area contributed by atoms with Gasteiger partial charge in [0, 0.05) is 11.6 Å². The minimum absolute atomic E-state index is 0.220. The number of rotatable bonds is 3. The molecule has 0 unspecified atom stereocenters. The number of aromatic nitrogens is 1. The highest BCUT2D eigenvalue weighted by atomic mass is 16.5. The van der Waals surface area contributed by atoms with Crippen LogP contribution in [0.3, 0.4) is 0 Å². The van der Waals surface area contributed by atoms with E-state index in [-0.39, 0.29) is 11.3 Å². The number of amides is 1. The minimum atomic E-state index is -0.589. The number of carbonyl (C=O) groups is 1. The Morgan fingerprint density at radius 3 is 2.52 bits per heavy atom. The molecule has 5 heteroatoms. The zero-order valence-electron chi connectivity index (χ0n) is 11.1. The van der Waals surface area contributed by atoms with E-state index in [2.05, 4.69) is 4.98 Å². The Hall–Kier alpha value is -3.08. The molecular formula is C16H13N3O2. The van der Waals surface area contributed by atoms with Crippen molar-refractivity contribution in [3.05, 3.63) is 60.3 Å². The van der Waals surface area contributed by atoms with Gasteiger partial charge >= 0.3 is 0 Å². The first kappa shape index (κ1) is 12.9. The van der Waals surface area contributed by atoms with Crippen LogP contribution in [0.2, 0.25) is 0 Å². The number of hydrogen-bond acceptors (Lipinski definition) is 4. The lowest BCUT2D eigenvalue weighted by Crippen LogP contribution is -2.13. The van der Waals surface area contributed by atoms with Crippen molar-refractivity contribution in [2.24, 2.45) is 5.73 Å². The smallest absolute Gasteiger partial charge is 0.250 e. The van der Waals surface area contributed by atoms with E-state index < -0.39 is 5.91 Å². The number of pyridine rings is 1. The standard InChI is InChI=1S/C16H13N3O2/c17-14-11(16(18)20)6-2-7-12(14)21-13-8-1-4-10-5-3-9-19-15(10)13/h1-9H,17H2,(H2,18,20). The molecule has 0 saturated carbocycles. The number of nitrogens with two attached hydrogens (primary N) is 2. The lowest BCUT2D eigenvalue weighted by atomic mass is 10.1. The summed E-state index contributed by atoms with van der Waals surface area (Å²) in [5.41, 5.74) is 12.4. The van der Waals surface area contributed by atoms with Crippen LogP contribution in [-0.4, -0.2) is 10.9 Å². The van der Waals surface area contributed by atoms with Gasteiger partial charge in [-0.25, -0.2) is 0 Å². The van der Waals surface area contributed by atoms with Crippen LogP contribution in [0, 0.1) is 0 Å². The van der Waals surface area contributed by atoms with Gasteiger partial charge in [0.25, 0.3) is 5.91 Å². The van der Waals surface area contributed by atoms with Gasteiger partial charge in [-0.1, -0.05) is 24.3 Å². The molecular weight excluding hydrogens is 266 g/mol. The Bertz CT molecular complexity index is 825. The molecule has 3 aromatic rings. The maximum absolute atomic E-state index is 11.3. The highest BCUT2D eigenvalue weighted by Gasteiger charge is 2.12. The van der Waals surface area contributed by atoms with Crippen LogP contribution in [0.5, 0.6) is 11.5 Å². The van der Waals surface area contributed by atoms with Gasteiger partial charge in [0.2, 0.25) is 0 Å². The maximum atomic E-state index is 11.3. The fourth-order valence-electron chi connectivity index (χ4n) is 2.12. The summed E-state index contributed by atoms with van der Waals surface area (Å²) < 4.78 is 5.82. The van der Waals surface area contributed by atoms with E-state index in [1.54, 1.807) is 30.5 Å². The summed E-state index contributed by atoms with van der Waals surface area (Å²) >= 11 is 0. The lowest BCUT2D eigenvalue weighted by Gasteiger charge is -2.11.